The summed E-state index contributed by atoms with van der Waals surface area (Å²) in [6.07, 6.45) is -0.815. The monoisotopic (exact) mass is 373 g/mol. The maximum absolute atomic E-state index is 12.5. The van der Waals surface area contributed by atoms with Gasteiger partial charge in [-0.2, -0.15) is 0 Å². The van der Waals surface area contributed by atoms with Crippen molar-refractivity contribution in [2.75, 3.05) is 5.32 Å². The van der Waals surface area contributed by atoms with Gasteiger partial charge in [0.1, 0.15) is 0 Å². The highest BCUT2D eigenvalue weighted by atomic mass is 35.5. The average molecular weight is 374 g/mol. The van der Waals surface area contributed by atoms with E-state index in [1.54, 1.807) is 48.5 Å². The standard InChI is InChI=1S/C19H20ClN3O3/c1-19(2,3)22-17(24)16(13-7-5-4-6-8-13)23-26-18(25)21-15-11-9-14(20)10-12-15/h4-12H,1-3H3,(H,21,25)(H,22,24)/b23-16+. The molecule has 2 amide bonds. The summed E-state index contributed by atoms with van der Waals surface area (Å²) in [5.74, 6) is -0.442. The van der Waals surface area contributed by atoms with E-state index in [0.29, 0.717) is 16.3 Å². The van der Waals surface area contributed by atoms with Gasteiger partial charge in [-0.15, -0.1) is 0 Å². The molecule has 0 saturated carbocycles. The first kappa shape index (κ1) is 19.5. The van der Waals surface area contributed by atoms with Gasteiger partial charge in [-0.1, -0.05) is 47.1 Å². The third kappa shape index (κ3) is 6.22. The highest BCUT2D eigenvalue weighted by molar-refractivity contribution is 6.45. The SMILES string of the molecule is CC(C)(C)NC(=O)/C(=N/OC(=O)Nc1ccc(Cl)cc1)c1ccccc1. The van der Waals surface area contributed by atoms with E-state index in [0.717, 1.165) is 0 Å². The van der Waals surface area contributed by atoms with Crippen LogP contribution >= 0.6 is 11.6 Å². The number of benzene rings is 2. The zero-order valence-corrected chi connectivity index (χ0v) is 15.5. The highest BCUT2D eigenvalue weighted by Crippen LogP contribution is 2.13. The van der Waals surface area contributed by atoms with Crippen LogP contribution in [0.1, 0.15) is 26.3 Å². The van der Waals surface area contributed by atoms with Gasteiger partial charge in [-0.05, 0) is 45.0 Å². The summed E-state index contributed by atoms with van der Waals surface area (Å²) in [4.78, 5) is 29.3. The molecule has 0 unspecified atom stereocenters. The lowest BCUT2D eigenvalue weighted by Crippen LogP contribution is -2.44. The van der Waals surface area contributed by atoms with Crippen molar-refractivity contribution < 1.29 is 14.4 Å². The van der Waals surface area contributed by atoms with E-state index in [1.807, 2.05) is 26.8 Å². The van der Waals surface area contributed by atoms with E-state index >= 15 is 0 Å². The maximum atomic E-state index is 12.5. The van der Waals surface area contributed by atoms with Crippen LogP contribution in [-0.4, -0.2) is 23.3 Å². The summed E-state index contributed by atoms with van der Waals surface area (Å²) in [7, 11) is 0. The molecule has 0 aliphatic heterocycles. The Labute approximate surface area is 157 Å². The molecular formula is C19H20ClN3O3. The molecule has 0 saturated heterocycles. The van der Waals surface area contributed by atoms with Crippen LogP contribution in [0.25, 0.3) is 0 Å². The van der Waals surface area contributed by atoms with Crippen LogP contribution in [0.4, 0.5) is 10.5 Å². The van der Waals surface area contributed by atoms with Gasteiger partial charge >= 0.3 is 6.09 Å². The van der Waals surface area contributed by atoms with Crippen LogP contribution in [0.5, 0.6) is 0 Å². The van der Waals surface area contributed by atoms with E-state index in [2.05, 4.69) is 15.8 Å². The summed E-state index contributed by atoms with van der Waals surface area (Å²) in [5, 5.41) is 9.61. The molecule has 2 aromatic carbocycles. The fraction of sp³-hybridized carbons (Fsp3) is 0.211. The van der Waals surface area contributed by atoms with Gasteiger partial charge in [-0.25, -0.2) is 4.79 Å². The first-order chi connectivity index (χ1) is 12.2. The van der Waals surface area contributed by atoms with Crippen molar-refractivity contribution >= 4 is 35.0 Å². The molecule has 2 aromatic rings. The molecule has 0 radical (unpaired) electrons. The molecule has 0 fully saturated rings. The number of carbonyl (C=O) groups is 2. The Morgan fingerprint density at radius 1 is 1.00 bits per heavy atom. The lowest BCUT2D eigenvalue weighted by Gasteiger charge is -2.20. The number of anilines is 1. The second-order valence-corrected chi connectivity index (χ2v) is 6.96. The third-order valence-electron chi connectivity index (χ3n) is 3.06. The minimum atomic E-state index is -0.815. The van der Waals surface area contributed by atoms with Crippen LogP contribution in [-0.2, 0) is 9.63 Å². The molecule has 0 aromatic heterocycles. The molecule has 0 bridgehead atoms. The normalized spacial score (nSPS) is 11.6. The Morgan fingerprint density at radius 3 is 2.19 bits per heavy atom. The number of nitrogens with zero attached hydrogens (tertiary/aromatic N) is 1. The van der Waals surface area contributed by atoms with Gasteiger partial charge in [-0.3, -0.25) is 14.9 Å². The number of hydrogen-bond acceptors (Lipinski definition) is 4. The van der Waals surface area contributed by atoms with Crippen molar-refractivity contribution in [1.82, 2.24) is 5.32 Å². The van der Waals surface area contributed by atoms with E-state index in [1.165, 1.54) is 0 Å². The predicted octanol–water partition coefficient (Wildman–Crippen LogP) is 4.21. The Kier molecular flexibility index (Phi) is 6.36. The van der Waals surface area contributed by atoms with Gasteiger partial charge < -0.3 is 5.32 Å². The third-order valence-corrected chi connectivity index (χ3v) is 3.31. The first-order valence-corrected chi connectivity index (χ1v) is 8.32. The fourth-order valence-electron chi connectivity index (χ4n) is 1.98. The van der Waals surface area contributed by atoms with Crippen molar-refractivity contribution in [3.05, 3.63) is 65.2 Å². The van der Waals surface area contributed by atoms with Crippen LogP contribution in [0, 0.1) is 0 Å². The summed E-state index contributed by atoms with van der Waals surface area (Å²) in [5.41, 5.74) is 0.577. The van der Waals surface area contributed by atoms with E-state index < -0.39 is 17.5 Å². The molecule has 26 heavy (non-hydrogen) atoms. The van der Waals surface area contributed by atoms with Crippen molar-refractivity contribution in [3.63, 3.8) is 0 Å². The van der Waals surface area contributed by atoms with Crippen LogP contribution < -0.4 is 10.6 Å². The molecule has 7 heteroatoms. The molecule has 2 rings (SSSR count). The summed E-state index contributed by atoms with van der Waals surface area (Å²) in [6, 6.07) is 15.3. The first-order valence-electron chi connectivity index (χ1n) is 7.94. The second-order valence-electron chi connectivity index (χ2n) is 6.52. The molecular weight excluding hydrogens is 354 g/mol. The lowest BCUT2D eigenvalue weighted by atomic mass is 10.1. The average Bonchev–Trinajstić information content (AvgIpc) is 2.56. The molecule has 2 N–H and O–H groups in total. The van der Waals surface area contributed by atoms with Crippen molar-refractivity contribution in [2.24, 2.45) is 5.16 Å². The number of amides is 2. The Bertz CT molecular complexity index is 797. The van der Waals surface area contributed by atoms with E-state index in [9.17, 15) is 9.59 Å². The summed E-state index contributed by atoms with van der Waals surface area (Å²) >= 11 is 5.80. The zero-order valence-electron chi connectivity index (χ0n) is 14.7. The summed E-state index contributed by atoms with van der Waals surface area (Å²) in [6.45, 7) is 5.55. The van der Waals surface area contributed by atoms with Gasteiger partial charge in [0.25, 0.3) is 5.91 Å². The second kappa shape index (κ2) is 8.49. The largest absolute Gasteiger partial charge is 0.437 e. The molecule has 0 aliphatic rings. The minimum absolute atomic E-state index is 0.00628. The smallest absolute Gasteiger partial charge is 0.346 e. The Hall–Kier alpha value is -2.86. The Morgan fingerprint density at radius 2 is 1.62 bits per heavy atom. The van der Waals surface area contributed by atoms with Crippen molar-refractivity contribution in [2.45, 2.75) is 26.3 Å². The van der Waals surface area contributed by atoms with E-state index in [-0.39, 0.29) is 5.71 Å². The van der Waals surface area contributed by atoms with Crippen LogP contribution in [0.3, 0.4) is 0 Å². The molecule has 6 nitrogen and oxygen atoms in total. The number of nitrogens with one attached hydrogen (secondary N) is 2. The number of carbonyl (C=O) groups excluding carboxylic acids is 2. The number of halogens is 1. The predicted molar refractivity (Wildman–Crippen MR) is 102 cm³/mol. The van der Waals surface area contributed by atoms with Gasteiger partial charge in [0.2, 0.25) is 0 Å². The summed E-state index contributed by atoms with van der Waals surface area (Å²) < 4.78 is 0. The zero-order chi connectivity index (χ0) is 19.2. The molecule has 136 valence electrons. The lowest BCUT2D eigenvalue weighted by molar-refractivity contribution is -0.116. The highest BCUT2D eigenvalue weighted by Gasteiger charge is 2.21. The maximum Gasteiger partial charge on any atom is 0.437 e. The van der Waals surface area contributed by atoms with Gasteiger partial charge in [0.05, 0.1) is 0 Å². The van der Waals surface area contributed by atoms with Crippen molar-refractivity contribution in [3.8, 4) is 0 Å². The molecule has 0 aliphatic carbocycles. The number of hydrogen-bond donors (Lipinski definition) is 2. The van der Waals surface area contributed by atoms with E-state index in [4.69, 9.17) is 16.4 Å². The van der Waals surface area contributed by atoms with Crippen LogP contribution in [0.15, 0.2) is 59.8 Å². The fourth-order valence-corrected chi connectivity index (χ4v) is 2.11. The topological polar surface area (TPSA) is 79.8 Å². The molecule has 0 atom stereocenters. The number of rotatable bonds is 4. The van der Waals surface area contributed by atoms with Crippen molar-refractivity contribution in [1.29, 1.82) is 0 Å². The number of oxime groups is 1. The molecule has 0 heterocycles. The van der Waals surface area contributed by atoms with Gasteiger partial charge in [0, 0.05) is 21.8 Å². The van der Waals surface area contributed by atoms with Gasteiger partial charge in [0.15, 0.2) is 5.71 Å². The van der Waals surface area contributed by atoms with Crippen LogP contribution in [0.2, 0.25) is 5.02 Å². The minimum Gasteiger partial charge on any atom is -0.346 e. The Balaban J connectivity index is 2.15. The molecule has 0 spiro atoms. The quantitative estimate of drug-likeness (QED) is 0.478.